The lowest BCUT2D eigenvalue weighted by Crippen LogP contribution is -2.45. The first-order valence-corrected chi connectivity index (χ1v) is 7.29. The molecule has 1 amide bonds. The standard InChI is InChI=1S/C14H18Cl2N2O.ClH/c1-2-3-13(17)14(19)18-5-4-11-9(8-18)6-10(15)7-12(11)16;/h6-7,13H,2-5,8,17H2,1H3;1H. The molecule has 0 spiro atoms. The molecule has 1 aliphatic rings. The molecule has 0 saturated carbocycles. The number of amides is 1. The number of hydrogen-bond acceptors (Lipinski definition) is 2. The van der Waals surface area contributed by atoms with E-state index in [4.69, 9.17) is 28.9 Å². The first-order valence-electron chi connectivity index (χ1n) is 6.54. The highest BCUT2D eigenvalue weighted by atomic mass is 35.5. The number of fused-ring (bicyclic) bond motifs is 1. The highest BCUT2D eigenvalue weighted by Gasteiger charge is 2.25. The van der Waals surface area contributed by atoms with Crippen LogP contribution in [0, 0.1) is 0 Å². The van der Waals surface area contributed by atoms with Gasteiger partial charge in [0, 0.05) is 23.1 Å². The van der Waals surface area contributed by atoms with Gasteiger partial charge in [-0.25, -0.2) is 0 Å². The van der Waals surface area contributed by atoms with E-state index in [-0.39, 0.29) is 18.3 Å². The fourth-order valence-corrected chi connectivity index (χ4v) is 3.10. The second-order valence-electron chi connectivity index (χ2n) is 4.93. The van der Waals surface area contributed by atoms with E-state index >= 15 is 0 Å². The van der Waals surface area contributed by atoms with E-state index in [0.29, 0.717) is 23.1 Å². The molecule has 0 fully saturated rings. The average molecular weight is 338 g/mol. The van der Waals surface area contributed by atoms with Crippen molar-refractivity contribution in [2.24, 2.45) is 5.73 Å². The van der Waals surface area contributed by atoms with Crippen molar-refractivity contribution >= 4 is 41.5 Å². The van der Waals surface area contributed by atoms with Crippen LogP contribution < -0.4 is 5.73 Å². The Morgan fingerprint density at radius 1 is 1.45 bits per heavy atom. The lowest BCUT2D eigenvalue weighted by molar-refractivity contribution is -0.133. The van der Waals surface area contributed by atoms with Gasteiger partial charge in [-0.2, -0.15) is 0 Å². The van der Waals surface area contributed by atoms with Gasteiger partial charge in [0.1, 0.15) is 0 Å². The van der Waals surface area contributed by atoms with Gasteiger partial charge in [-0.15, -0.1) is 12.4 Å². The Labute approximate surface area is 135 Å². The van der Waals surface area contributed by atoms with Gasteiger partial charge in [0.15, 0.2) is 0 Å². The van der Waals surface area contributed by atoms with Crippen LogP contribution in [0.5, 0.6) is 0 Å². The van der Waals surface area contributed by atoms with Crippen LogP contribution in [0.25, 0.3) is 0 Å². The summed E-state index contributed by atoms with van der Waals surface area (Å²) in [4.78, 5) is 14.0. The van der Waals surface area contributed by atoms with Crippen LogP contribution in [-0.4, -0.2) is 23.4 Å². The van der Waals surface area contributed by atoms with E-state index in [1.807, 2.05) is 13.0 Å². The number of carbonyl (C=O) groups is 1. The molecule has 1 heterocycles. The Morgan fingerprint density at radius 3 is 2.80 bits per heavy atom. The van der Waals surface area contributed by atoms with Crippen molar-refractivity contribution in [3.8, 4) is 0 Å². The maximum absolute atomic E-state index is 12.2. The molecule has 0 aliphatic carbocycles. The largest absolute Gasteiger partial charge is 0.337 e. The third-order valence-electron chi connectivity index (χ3n) is 3.47. The molecule has 1 aromatic rings. The summed E-state index contributed by atoms with van der Waals surface area (Å²) < 4.78 is 0. The van der Waals surface area contributed by atoms with Crippen molar-refractivity contribution in [1.82, 2.24) is 4.90 Å². The minimum Gasteiger partial charge on any atom is -0.337 e. The Morgan fingerprint density at radius 2 is 2.15 bits per heavy atom. The van der Waals surface area contributed by atoms with Crippen molar-refractivity contribution in [2.75, 3.05) is 6.54 Å². The van der Waals surface area contributed by atoms with Crippen LogP contribution in [-0.2, 0) is 17.8 Å². The van der Waals surface area contributed by atoms with Crippen LogP contribution in [0.15, 0.2) is 12.1 Å². The summed E-state index contributed by atoms with van der Waals surface area (Å²) >= 11 is 12.2. The number of rotatable bonds is 3. The number of halogens is 3. The number of nitrogens with zero attached hydrogens (tertiary/aromatic N) is 1. The number of benzene rings is 1. The van der Waals surface area contributed by atoms with Crippen LogP contribution >= 0.6 is 35.6 Å². The summed E-state index contributed by atoms with van der Waals surface area (Å²) in [7, 11) is 0. The van der Waals surface area contributed by atoms with Crippen LogP contribution in [0.4, 0.5) is 0 Å². The fraction of sp³-hybridized carbons (Fsp3) is 0.500. The molecule has 1 aromatic carbocycles. The lowest BCUT2D eigenvalue weighted by Gasteiger charge is -2.31. The van der Waals surface area contributed by atoms with E-state index in [0.717, 1.165) is 30.4 Å². The molecule has 0 saturated heterocycles. The summed E-state index contributed by atoms with van der Waals surface area (Å²) in [5.74, 6) is 0.0172. The van der Waals surface area contributed by atoms with Crippen molar-refractivity contribution < 1.29 is 4.79 Å². The van der Waals surface area contributed by atoms with Gasteiger partial charge in [0.25, 0.3) is 0 Å². The van der Waals surface area contributed by atoms with Gasteiger partial charge in [-0.05, 0) is 36.1 Å². The molecule has 2 rings (SSSR count). The monoisotopic (exact) mass is 336 g/mol. The first kappa shape index (κ1) is 17.6. The zero-order valence-corrected chi connectivity index (χ0v) is 13.7. The minimum atomic E-state index is -0.402. The van der Waals surface area contributed by atoms with Crippen LogP contribution in [0.1, 0.15) is 30.9 Å². The van der Waals surface area contributed by atoms with Crippen molar-refractivity contribution in [3.05, 3.63) is 33.3 Å². The minimum absolute atomic E-state index is 0. The van der Waals surface area contributed by atoms with Gasteiger partial charge in [-0.1, -0.05) is 36.5 Å². The molecule has 1 atom stereocenters. The molecule has 3 nitrogen and oxygen atoms in total. The normalized spacial score (nSPS) is 15.3. The highest BCUT2D eigenvalue weighted by molar-refractivity contribution is 6.35. The Hall–Kier alpha value is -0.480. The quantitative estimate of drug-likeness (QED) is 0.918. The maximum atomic E-state index is 12.2. The van der Waals surface area contributed by atoms with Crippen LogP contribution in [0.2, 0.25) is 10.0 Å². The predicted octanol–water partition coefficient (Wildman–Crippen LogP) is 3.43. The third kappa shape index (κ3) is 3.79. The number of nitrogens with two attached hydrogens (primary N) is 1. The topological polar surface area (TPSA) is 46.3 Å². The molecular formula is C14H19Cl3N2O. The van der Waals surface area contributed by atoms with Gasteiger partial charge in [-0.3, -0.25) is 4.79 Å². The van der Waals surface area contributed by atoms with E-state index in [1.165, 1.54) is 0 Å². The molecule has 1 aliphatic heterocycles. The molecule has 0 bridgehead atoms. The first-order chi connectivity index (χ1) is 9.02. The summed E-state index contributed by atoms with van der Waals surface area (Å²) in [6.45, 7) is 3.24. The molecule has 2 N–H and O–H groups in total. The summed E-state index contributed by atoms with van der Waals surface area (Å²) in [5.41, 5.74) is 8.02. The second kappa shape index (κ2) is 7.51. The van der Waals surface area contributed by atoms with Gasteiger partial charge >= 0.3 is 0 Å². The van der Waals surface area contributed by atoms with Crippen molar-refractivity contribution in [1.29, 1.82) is 0 Å². The summed E-state index contributed by atoms with van der Waals surface area (Å²) in [6.07, 6.45) is 2.39. The molecule has 0 radical (unpaired) electrons. The number of hydrogen-bond donors (Lipinski definition) is 1. The molecule has 6 heteroatoms. The van der Waals surface area contributed by atoms with Crippen LogP contribution in [0.3, 0.4) is 0 Å². The lowest BCUT2D eigenvalue weighted by atomic mass is 9.98. The van der Waals surface area contributed by atoms with E-state index < -0.39 is 6.04 Å². The number of carbonyl (C=O) groups excluding carboxylic acids is 1. The molecular weight excluding hydrogens is 319 g/mol. The second-order valence-corrected chi connectivity index (χ2v) is 5.77. The predicted molar refractivity (Wildman–Crippen MR) is 85.7 cm³/mol. The highest BCUT2D eigenvalue weighted by Crippen LogP contribution is 2.30. The third-order valence-corrected chi connectivity index (χ3v) is 4.03. The Bertz CT molecular complexity index is 494. The van der Waals surface area contributed by atoms with E-state index in [2.05, 4.69) is 0 Å². The zero-order chi connectivity index (χ0) is 14.0. The van der Waals surface area contributed by atoms with Gasteiger partial charge < -0.3 is 10.6 Å². The summed E-state index contributed by atoms with van der Waals surface area (Å²) in [6, 6.07) is 3.23. The molecule has 1 unspecified atom stereocenters. The molecule has 0 aromatic heterocycles. The van der Waals surface area contributed by atoms with Crippen molar-refractivity contribution in [3.63, 3.8) is 0 Å². The van der Waals surface area contributed by atoms with Crippen molar-refractivity contribution in [2.45, 2.75) is 38.8 Å². The van der Waals surface area contributed by atoms with E-state index in [9.17, 15) is 4.79 Å². The fourth-order valence-electron chi connectivity index (χ4n) is 2.47. The van der Waals surface area contributed by atoms with E-state index in [1.54, 1.807) is 11.0 Å². The molecule has 20 heavy (non-hydrogen) atoms. The average Bonchev–Trinajstić information content (AvgIpc) is 2.37. The Kier molecular flexibility index (Phi) is 6.59. The van der Waals surface area contributed by atoms with Gasteiger partial charge in [0.05, 0.1) is 6.04 Å². The summed E-state index contributed by atoms with van der Waals surface area (Å²) in [5, 5.41) is 1.29. The zero-order valence-electron chi connectivity index (χ0n) is 11.4. The SMILES string of the molecule is CCCC(N)C(=O)N1CCc2c(Cl)cc(Cl)cc2C1.Cl. The Balaban J connectivity index is 0.00000200. The van der Waals surface area contributed by atoms with Gasteiger partial charge in [0.2, 0.25) is 5.91 Å². The molecule has 112 valence electrons. The smallest absolute Gasteiger partial charge is 0.239 e. The maximum Gasteiger partial charge on any atom is 0.239 e.